The van der Waals surface area contributed by atoms with Gasteiger partial charge in [0.05, 0.1) is 50.1 Å². The molecule has 482 valence electrons. The number of carbonyl (C=O) groups is 3. The third-order valence-corrected chi connectivity index (χ3v) is 18.1. The van der Waals surface area contributed by atoms with E-state index in [4.69, 9.17) is 31.2 Å². The van der Waals surface area contributed by atoms with Crippen LogP contribution in [0.25, 0.3) is 16.7 Å². The van der Waals surface area contributed by atoms with Crippen LogP contribution in [0.15, 0.2) is 160 Å². The summed E-state index contributed by atoms with van der Waals surface area (Å²) in [7, 11) is 0. The number of hydrogen-bond acceptors (Lipinski definition) is 19. The molecule has 0 atom stereocenters. The number of aromatic hydroxyl groups is 3. The fourth-order valence-corrected chi connectivity index (χ4v) is 13.3. The second kappa shape index (κ2) is 28.4. The maximum Gasteiger partial charge on any atom is 0.269 e. The maximum atomic E-state index is 13.0. The SMILES string of the molecule is N=NN=NCl.Nc1ccc2c(c1)CC=C2/C=C1\Oc2c(ccc(O)c2CN2CCCCC2)C1=O.Nc1ccc2c(c1)CC=C2/C=C1\Oc2c(ccc(O)c2CN2CCNCC2)C1=O.O=C1/C(=C/C2=CCc3cc([N+](=O)[O-])ccc32)Oc2c1ccc(O)c2CN1CCCCC1. The summed E-state index contributed by atoms with van der Waals surface area (Å²) in [4.78, 5) is 56.4. The van der Waals surface area contributed by atoms with Crippen molar-refractivity contribution in [3.63, 3.8) is 0 Å². The Labute approximate surface area is 547 Å². The number of anilines is 2. The zero-order valence-corrected chi connectivity index (χ0v) is 52.3. The van der Waals surface area contributed by atoms with E-state index in [0.29, 0.717) is 88.2 Å². The van der Waals surface area contributed by atoms with Crippen LogP contribution in [-0.2, 0) is 38.9 Å². The Balaban J connectivity index is 0.000000131. The first-order valence-electron chi connectivity index (χ1n) is 31.4. The number of allylic oxidation sites excluding steroid dienone is 12. The monoisotopic (exact) mass is 1290 g/mol. The number of nitrogens with one attached hydrogen (secondary N) is 2. The summed E-state index contributed by atoms with van der Waals surface area (Å²) in [5, 5.41) is 50.8. The number of ketones is 3. The minimum Gasteiger partial charge on any atom is -0.507 e. The van der Waals surface area contributed by atoms with Gasteiger partial charge in [-0.25, -0.2) is 0 Å². The molecule has 0 aromatic heterocycles. The lowest BCUT2D eigenvalue weighted by molar-refractivity contribution is -0.384. The fraction of sp³-hybridized carbons (Fsp3) is 0.282. The van der Waals surface area contributed by atoms with Crippen molar-refractivity contribution in [2.75, 3.05) is 63.8 Å². The van der Waals surface area contributed by atoms with Crippen molar-refractivity contribution in [1.82, 2.24) is 20.0 Å². The van der Waals surface area contributed by atoms with Crippen LogP contribution in [0.2, 0.25) is 0 Å². The van der Waals surface area contributed by atoms with Gasteiger partial charge in [0.1, 0.15) is 34.5 Å². The van der Waals surface area contributed by atoms with Gasteiger partial charge in [-0.2, -0.15) is 5.53 Å². The topological polar surface area (TPSA) is 317 Å². The van der Waals surface area contributed by atoms with Gasteiger partial charge in [0, 0.05) is 69.3 Å². The van der Waals surface area contributed by atoms with Crippen molar-refractivity contribution in [1.29, 1.82) is 5.53 Å². The number of halogens is 1. The molecule has 6 heterocycles. The molecule has 0 unspecified atom stereocenters. The number of nitrogen functional groups attached to an aromatic ring is 2. The van der Waals surface area contributed by atoms with Crippen molar-refractivity contribution in [2.24, 2.45) is 15.1 Å². The third kappa shape index (κ3) is 13.8. The van der Waals surface area contributed by atoms with Gasteiger partial charge < -0.3 is 46.3 Å². The summed E-state index contributed by atoms with van der Waals surface area (Å²) in [6, 6.07) is 26.1. The number of phenolic OH excluding ortho intramolecular Hbond substituents is 3. The van der Waals surface area contributed by atoms with E-state index in [9.17, 15) is 39.8 Å². The number of non-ortho nitro benzene ring substituents is 1. The predicted octanol–water partition coefficient (Wildman–Crippen LogP) is 12.5. The number of nitro groups is 1. The fourth-order valence-electron chi connectivity index (χ4n) is 13.2. The number of piperidine rings is 2. The summed E-state index contributed by atoms with van der Waals surface area (Å²) >= 11 is 4.55. The molecule has 3 saturated heterocycles. The van der Waals surface area contributed by atoms with Crippen LogP contribution in [-0.4, -0.2) is 105 Å². The van der Waals surface area contributed by atoms with Crippen molar-refractivity contribution in [2.45, 2.75) is 77.4 Å². The van der Waals surface area contributed by atoms with Gasteiger partial charge in [-0.3, -0.25) is 39.2 Å². The molecule has 9 aliphatic rings. The molecule has 22 nitrogen and oxygen atoms in total. The molecule has 0 amide bonds. The Bertz CT molecular complexity index is 4110. The van der Waals surface area contributed by atoms with Gasteiger partial charge in [-0.05, 0) is 217 Å². The minimum absolute atomic E-state index is 0.0551. The van der Waals surface area contributed by atoms with Crippen LogP contribution in [0.4, 0.5) is 17.1 Å². The second-order valence-corrected chi connectivity index (χ2v) is 24.3. The molecule has 0 spiro atoms. The summed E-state index contributed by atoms with van der Waals surface area (Å²) in [5.74, 6) is 2.21. The van der Waals surface area contributed by atoms with Gasteiger partial charge in [-0.15, -0.1) is 0 Å². The molecule has 15 rings (SSSR count). The molecule has 0 bridgehead atoms. The number of ether oxygens (including phenoxy) is 3. The first-order chi connectivity index (χ1) is 45.6. The van der Waals surface area contributed by atoms with E-state index in [1.807, 2.05) is 48.6 Å². The number of carbonyl (C=O) groups excluding carboxylic acids is 3. The number of hydrogen-bond donors (Lipinski definition) is 7. The number of fused-ring (bicyclic) bond motifs is 6. The Morgan fingerprint density at radius 2 is 0.872 bits per heavy atom. The summed E-state index contributed by atoms with van der Waals surface area (Å²) in [5.41, 5.74) is 31.6. The van der Waals surface area contributed by atoms with Gasteiger partial charge >= 0.3 is 0 Å². The first-order valence-corrected chi connectivity index (χ1v) is 31.7. The molecule has 9 N–H and O–H groups in total. The van der Waals surface area contributed by atoms with E-state index in [2.05, 4.69) is 59.0 Å². The molecule has 0 saturated carbocycles. The standard InChI is InChI=1S/C24H22N2O5.C24H24N2O3.C23H23N3O3.ClHN4/c27-21-9-8-19-23(28)22(31-24(19)20(21)14-25-10-2-1-3-11-25)13-16-5-4-15-12-17(26(29)30)6-7-18(15)16;25-17-6-7-18-15(12-17)4-5-16(18)13-22-23(28)19-8-9-21(27)20(24(19)29-22)14-26-10-2-1-3-11-26;24-16-3-4-17-14(11-16)1-2-15(17)12-21-22(28)18-5-6-20(27)19(23(18)29-21)13-26-9-7-25-8-10-26;1-3-5-4-2/h5-9,12-13,27H,1-4,10-11,14H2;5-9,12-13,27H,1-4,10-11,14,25H2;2-6,11-12,25,27H,1,7-10,13,24H2;2H/b2*22-13-;21-12-;. The zero-order chi connectivity index (χ0) is 65.6. The number of likely N-dealkylation sites (tertiary alicyclic amines) is 2. The molecule has 3 aliphatic carbocycles. The lowest BCUT2D eigenvalue weighted by atomic mass is 10.0. The lowest BCUT2D eigenvalue weighted by Gasteiger charge is -2.27. The number of nitro benzene ring substituents is 1. The van der Waals surface area contributed by atoms with Crippen molar-refractivity contribution < 1.29 is 48.8 Å². The second-order valence-electron chi connectivity index (χ2n) is 24.1. The maximum absolute atomic E-state index is 13.0. The van der Waals surface area contributed by atoms with Gasteiger partial charge in [0.25, 0.3) is 5.69 Å². The summed E-state index contributed by atoms with van der Waals surface area (Å²) < 4.78 is 20.6. The van der Waals surface area contributed by atoms with E-state index in [1.165, 1.54) is 31.7 Å². The summed E-state index contributed by atoms with van der Waals surface area (Å²) in [6.45, 7) is 9.27. The lowest BCUT2D eigenvalue weighted by Crippen LogP contribution is -2.42. The van der Waals surface area contributed by atoms with Crippen molar-refractivity contribution in [3.8, 4) is 34.5 Å². The number of piperazine rings is 1. The minimum atomic E-state index is -0.409. The van der Waals surface area contributed by atoms with E-state index in [1.54, 1.807) is 60.7 Å². The van der Waals surface area contributed by atoms with E-state index in [0.717, 1.165) is 140 Å². The number of benzene rings is 6. The van der Waals surface area contributed by atoms with E-state index >= 15 is 0 Å². The number of nitrogens with two attached hydrogens (primary N) is 2. The molecule has 23 heteroatoms. The Kier molecular flexibility index (Phi) is 19.4. The molecule has 6 aromatic carbocycles. The molecule has 0 radical (unpaired) electrons. The molecular formula is C71H70ClN11O11. The summed E-state index contributed by atoms with van der Waals surface area (Å²) in [6.07, 6.45) is 20.6. The van der Waals surface area contributed by atoms with Crippen LogP contribution in [0.5, 0.6) is 34.5 Å². The highest BCUT2D eigenvalue weighted by atomic mass is 35.5. The highest BCUT2D eigenvalue weighted by molar-refractivity contribution is 6.16. The van der Waals surface area contributed by atoms with Crippen molar-refractivity contribution in [3.05, 3.63) is 222 Å². The van der Waals surface area contributed by atoms with Crippen LogP contribution in [0.3, 0.4) is 0 Å². The normalized spacial score (nSPS) is 19.0. The molecule has 6 aliphatic heterocycles. The average Bonchev–Trinajstić information content (AvgIpc) is 1.64. The highest BCUT2D eigenvalue weighted by Gasteiger charge is 2.36. The van der Waals surface area contributed by atoms with Gasteiger partial charge in [0.15, 0.2) is 17.3 Å². The Hall–Kier alpha value is -10.1. The highest BCUT2D eigenvalue weighted by Crippen LogP contribution is 2.45. The Morgan fingerprint density at radius 1 is 0.521 bits per heavy atom. The molecule has 3 fully saturated rings. The van der Waals surface area contributed by atoms with E-state index < -0.39 is 4.92 Å². The molecular weight excluding hydrogens is 1220 g/mol. The largest absolute Gasteiger partial charge is 0.507 e. The number of rotatable bonds is 11. The molecule has 6 aromatic rings. The van der Waals surface area contributed by atoms with Crippen LogP contribution in [0, 0.1) is 15.6 Å². The molecule has 94 heavy (non-hydrogen) atoms. The number of phenols is 3. The van der Waals surface area contributed by atoms with Crippen LogP contribution in [0.1, 0.15) is 120 Å². The zero-order valence-electron chi connectivity index (χ0n) is 51.5. The predicted molar refractivity (Wildman–Crippen MR) is 356 cm³/mol. The number of Topliss-reactive ketones (excluding diaryl/α,β-unsaturated/α-hetero) is 3. The van der Waals surface area contributed by atoms with E-state index in [-0.39, 0.29) is 46.0 Å². The van der Waals surface area contributed by atoms with Gasteiger partial charge in [0.2, 0.25) is 17.3 Å². The average molecular weight is 1290 g/mol. The number of nitrogens with zero attached hydrogens (tertiary/aromatic N) is 7. The Morgan fingerprint density at radius 3 is 1.22 bits per heavy atom. The van der Waals surface area contributed by atoms with Gasteiger partial charge in [-0.1, -0.05) is 47.8 Å². The quantitative estimate of drug-likeness (QED) is 0.0208. The third-order valence-electron chi connectivity index (χ3n) is 18.1. The smallest absolute Gasteiger partial charge is 0.269 e. The van der Waals surface area contributed by atoms with Crippen molar-refractivity contribution >= 4 is 62.9 Å². The van der Waals surface area contributed by atoms with Crippen LogP contribution >= 0.6 is 11.8 Å². The first kappa shape index (κ1) is 64.0. The van der Waals surface area contributed by atoms with Crippen LogP contribution < -0.4 is 31.0 Å².